The molecule has 11 heavy (non-hydrogen) atoms. The summed E-state index contributed by atoms with van der Waals surface area (Å²) in [4.78, 5) is 10.9. The summed E-state index contributed by atoms with van der Waals surface area (Å²) in [7, 11) is 0. The maximum absolute atomic E-state index is 10.9. The summed E-state index contributed by atoms with van der Waals surface area (Å²) in [6.07, 6.45) is 0.539. The van der Waals surface area contributed by atoms with Crippen LogP contribution in [0.15, 0.2) is 18.2 Å². The fourth-order valence-electron chi connectivity index (χ4n) is 1.36. The van der Waals surface area contributed by atoms with Crippen molar-refractivity contribution in [2.75, 3.05) is 5.32 Å². The van der Waals surface area contributed by atoms with E-state index < -0.39 is 0 Å². The second kappa shape index (κ2) is 2.09. The van der Waals surface area contributed by atoms with Gasteiger partial charge in [0.2, 0.25) is 5.91 Å². The normalized spacial score (nSPS) is 14.5. The van der Waals surface area contributed by atoms with E-state index in [2.05, 4.69) is 5.32 Å². The lowest BCUT2D eigenvalue weighted by Crippen LogP contribution is -2.03. The molecule has 0 atom stereocenters. The highest BCUT2D eigenvalue weighted by Gasteiger charge is 2.16. The van der Waals surface area contributed by atoms with Crippen LogP contribution in [0.25, 0.3) is 0 Å². The standard InChI is InChI=1S/C9H9NO.H2/c1-6-2-3-8-7(4-6)5-9(11)10-8;/h2-4H,5H2,1H3,(H,10,11);1H. The molecule has 1 amide bonds. The number of benzene rings is 1. The number of carbonyl (C=O) groups is 1. The average Bonchev–Trinajstić information content (AvgIpc) is 2.27. The summed E-state index contributed by atoms with van der Waals surface area (Å²) < 4.78 is 0. The lowest BCUT2D eigenvalue weighted by molar-refractivity contribution is -0.115. The number of fused-ring (bicyclic) bond motifs is 1. The molecule has 0 fully saturated rings. The van der Waals surface area contributed by atoms with Crippen LogP contribution >= 0.6 is 0 Å². The first-order chi connectivity index (χ1) is 5.25. The van der Waals surface area contributed by atoms with Gasteiger partial charge in [0.15, 0.2) is 0 Å². The van der Waals surface area contributed by atoms with E-state index in [1.807, 2.05) is 25.1 Å². The second-order valence-corrected chi connectivity index (χ2v) is 2.89. The molecule has 1 aliphatic rings. The molecule has 1 N–H and O–H groups in total. The van der Waals surface area contributed by atoms with Gasteiger partial charge in [-0.25, -0.2) is 0 Å². The summed E-state index contributed by atoms with van der Waals surface area (Å²) in [5.74, 6) is 0.102. The van der Waals surface area contributed by atoms with Crippen molar-refractivity contribution < 1.29 is 6.22 Å². The lowest BCUT2D eigenvalue weighted by Gasteiger charge is -1.97. The van der Waals surface area contributed by atoms with Crippen LogP contribution in [0.1, 0.15) is 12.6 Å². The molecular weight excluding hydrogens is 138 g/mol. The van der Waals surface area contributed by atoms with Crippen LogP contribution in [0, 0.1) is 6.92 Å². The van der Waals surface area contributed by atoms with Crippen molar-refractivity contribution >= 4 is 11.6 Å². The van der Waals surface area contributed by atoms with Crippen molar-refractivity contribution in [2.24, 2.45) is 0 Å². The minimum atomic E-state index is 0. The van der Waals surface area contributed by atoms with Crippen molar-refractivity contribution in [3.05, 3.63) is 29.3 Å². The summed E-state index contributed by atoms with van der Waals surface area (Å²) in [5, 5.41) is 2.79. The Kier molecular flexibility index (Phi) is 1.22. The van der Waals surface area contributed by atoms with Crippen molar-refractivity contribution in [1.29, 1.82) is 0 Å². The summed E-state index contributed by atoms with van der Waals surface area (Å²) in [6, 6.07) is 6.01. The Bertz CT molecular complexity index is 322. The molecule has 0 saturated carbocycles. The van der Waals surface area contributed by atoms with E-state index >= 15 is 0 Å². The van der Waals surface area contributed by atoms with E-state index in [1.54, 1.807) is 0 Å². The molecule has 0 aliphatic carbocycles. The molecule has 1 heterocycles. The zero-order valence-corrected chi connectivity index (χ0v) is 6.35. The van der Waals surface area contributed by atoms with Gasteiger partial charge >= 0.3 is 0 Å². The van der Waals surface area contributed by atoms with Crippen LogP contribution in [0.4, 0.5) is 5.69 Å². The number of hydrogen-bond acceptors (Lipinski definition) is 1. The first-order valence-electron chi connectivity index (χ1n) is 3.65. The third-order valence-electron chi connectivity index (χ3n) is 1.89. The first kappa shape index (κ1) is 6.40. The Labute approximate surface area is 66.7 Å². The maximum atomic E-state index is 10.9. The molecule has 1 aliphatic heterocycles. The predicted molar refractivity (Wildman–Crippen MR) is 45.6 cm³/mol. The molecule has 0 unspecified atom stereocenters. The monoisotopic (exact) mass is 149 g/mol. The van der Waals surface area contributed by atoms with Crippen LogP contribution in [-0.2, 0) is 11.2 Å². The highest BCUT2D eigenvalue weighted by Crippen LogP contribution is 2.23. The fraction of sp³-hybridized carbons (Fsp3) is 0.222. The van der Waals surface area contributed by atoms with Gasteiger partial charge in [-0.15, -0.1) is 0 Å². The Morgan fingerprint density at radius 3 is 3.18 bits per heavy atom. The highest BCUT2D eigenvalue weighted by atomic mass is 16.1. The number of hydrogen-bond donors (Lipinski definition) is 1. The molecular formula is C9H11NO. The quantitative estimate of drug-likeness (QED) is 0.598. The third-order valence-corrected chi connectivity index (χ3v) is 1.89. The van der Waals surface area contributed by atoms with Crippen molar-refractivity contribution in [3.63, 3.8) is 0 Å². The molecule has 2 rings (SSSR count). The topological polar surface area (TPSA) is 29.1 Å². The van der Waals surface area contributed by atoms with Gasteiger partial charge in [0.05, 0.1) is 6.42 Å². The van der Waals surface area contributed by atoms with E-state index in [0.29, 0.717) is 6.42 Å². The smallest absolute Gasteiger partial charge is 0.228 e. The SMILES string of the molecule is Cc1ccc2c(c1)CC(=O)N2.[HH]. The van der Waals surface area contributed by atoms with Gasteiger partial charge in [-0.05, 0) is 18.6 Å². The Hall–Kier alpha value is -1.31. The van der Waals surface area contributed by atoms with Crippen LogP contribution in [0.5, 0.6) is 0 Å². The molecule has 0 aromatic heterocycles. The van der Waals surface area contributed by atoms with E-state index in [9.17, 15) is 4.79 Å². The summed E-state index contributed by atoms with van der Waals surface area (Å²) in [5.41, 5.74) is 3.30. The van der Waals surface area contributed by atoms with Crippen LogP contribution in [-0.4, -0.2) is 5.91 Å². The molecule has 0 radical (unpaired) electrons. The lowest BCUT2D eigenvalue weighted by atomic mass is 10.1. The van der Waals surface area contributed by atoms with E-state index in [4.69, 9.17) is 0 Å². The van der Waals surface area contributed by atoms with Gasteiger partial charge in [0.25, 0.3) is 0 Å². The second-order valence-electron chi connectivity index (χ2n) is 2.89. The Balaban J connectivity index is 0.000000720. The van der Waals surface area contributed by atoms with Crippen LogP contribution in [0.2, 0.25) is 0 Å². The van der Waals surface area contributed by atoms with Gasteiger partial charge in [0, 0.05) is 7.11 Å². The summed E-state index contributed by atoms with van der Waals surface area (Å²) >= 11 is 0. The van der Waals surface area contributed by atoms with Gasteiger partial charge < -0.3 is 5.32 Å². The molecule has 0 bridgehead atoms. The zero-order chi connectivity index (χ0) is 7.84. The number of carbonyl (C=O) groups excluding carboxylic acids is 1. The minimum absolute atomic E-state index is 0. The zero-order valence-electron chi connectivity index (χ0n) is 6.35. The minimum Gasteiger partial charge on any atom is -0.326 e. The number of anilines is 1. The van der Waals surface area contributed by atoms with Gasteiger partial charge in [0.1, 0.15) is 0 Å². The number of nitrogens with one attached hydrogen (secondary N) is 1. The molecule has 1 aromatic rings. The summed E-state index contributed by atoms with van der Waals surface area (Å²) in [6.45, 7) is 2.03. The van der Waals surface area contributed by atoms with E-state index in [0.717, 1.165) is 11.3 Å². The molecule has 2 heteroatoms. The molecule has 58 valence electrons. The Morgan fingerprint density at radius 1 is 1.55 bits per heavy atom. The van der Waals surface area contributed by atoms with Gasteiger partial charge in [-0.3, -0.25) is 4.79 Å². The Morgan fingerprint density at radius 2 is 2.36 bits per heavy atom. The molecule has 2 nitrogen and oxygen atoms in total. The average molecular weight is 149 g/mol. The maximum Gasteiger partial charge on any atom is 0.228 e. The fourth-order valence-corrected chi connectivity index (χ4v) is 1.36. The molecule has 0 saturated heterocycles. The highest BCUT2D eigenvalue weighted by molar-refractivity contribution is 5.99. The largest absolute Gasteiger partial charge is 0.326 e. The van der Waals surface area contributed by atoms with Crippen molar-refractivity contribution in [2.45, 2.75) is 13.3 Å². The molecule has 0 spiro atoms. The van der Waals surface area contributed by atoms with Crippen molar-refractivity contribution in [3.8, 4) is 0 Å². The number of aryl methyl sites for hydroxylation is 1. The molecule has 1 aromatic carbocycles. The number of rotatable bonds is 0. The third kappa shape index (κ3) is 1.00. The number of amides is 1. The predicted octanol–water partition coefficient (Wildman–Crippen LogP) is 1.74. The van der Waals surface area contributed by atoms with Gasteiger partial charge in [-0.1, -0.05) is 17.7 Å². The van der Waals surface area contributed by atoms with Crippen molar-refractivity contribution in [1.82, 2.24) is 0 Å². The van der Waals surface area contributed by atoms with E-state index in [-0.39, 0.29) is 7.33 Å². The first-order valence-corrected chi connectivity index (χ1v) is 3.65. The van der Waals surface area contributed by atoms with Crippen LogP contribution in [0.3, 0.4) is 0 Å². The van der Waals surface area contributed by atoms with E-state index in [1.165, 1.54) is 5.56 Å². The van der Waals surface area contributed by atoms with Crippen LogP contribution < -0.4 is 5.32 Å². The van der Waals surface area contributed by atoms with Gasteiger partial charge in [-0.2, -0.15) is 0 Å².